The lowest BCUT2D eigenvalue weighted by Crippen LogP contribution is -2.30. The molecule has 3 heterocycles. The number of hydrogen-bond donors (Lipinski definition) is 2. The number of rotatable bonds is 3. The maximum atomic E-state index is 12.2. The summed E-state index contributed by atoms with van der Waals surface area (Å²) in [6, 6.07) is 17.2. The van der Waals surface area contributed by atoms with E-state index in [-0.39, 0.29) is 5.91 Å². The molecule has 1 amide bonds. The molecule has 0 radical (unpaired) electrons. The molecule has 0 aliphatic heterocycles. The van der Waals surface area contributed by atoms with Crippen LogP contribution in [0, 0.1) is 0 Å². The van der Waals surface area contributed by atoms with Crippen LogP contribution in [0.4, 0.5) is 0 Å². The van der Waals surface area contributed by atoms with Gasteiger partial charge in [0, 0.05) is 35.1 Å². The largest absolute Gasteiger partial charge is 0.290 e. The summed E-state index contributed by atoms with van der Waals surface area (Å²) in [6.07, 6.45) is 5.02. The van der Waals surface area contributed by atoms with E-state index < -0.39 is 0 Å². The minimum atomic E-state index is -0.378. The van der Waals surface area contributed by atoms with Gasteiger partial charge in [0.2, 0.25) is 0 Å². The second-order valence-corrected chi connectivity index (χ2v) is 5.71. The summed E-state index contributed by atoms with van der Waals surface area (Å²) < 4.78 is 0. The first kappa shape index (κ1) is 15.9. The van der Waals surface area contributed by atoms with Crippen molar-refractivity contribution in [2.24, 2.45) is 5.84 Å². The average molecular weight is 341 g/mol. The van der Waals surface area contributed by atoms with Crippen molar-refractivity contribution in [3.63, 3.8) is 0 Å². The van der Waals surface area contributed by atoms with E-state index in [1.807, 2.05) is 42.5 Å². The van der Waals surface area contributed by atoms with Gasteiger partial charge in [-0.15, -0.1) is 0 Å². The normalized spacial score (nSPS) is 10.7. The fourth-order valence-electron chi connectivity index (χ4n) is 2.83. The molecule has 3 aromatic heterocycles. The molecule has 26 heavy (non-hydrogen) atoms. The van der Waals surface area contributed by atoms with Gasteiger partial charge in [0.05, 0.1) is 22.5 Å². The van der Waals surface area contributed by atoms with Crippen LogP contribution in [0.25, 0.3) is 33.4 Å². The number of amides is 1. The van der Waals surface area contributed by atoms with Crippen LogP contribution < -0.4 is 11.3 Å². The zero-order valence-electron chi connectivity index (χ0n) is 13.8. The molecular formula is C20H15N5O. The fourth-order valence-corrected chi connectivity index (χ4v) is 2.83. The Morgan fingerprint density at radius 1 is 0.923 bits per heavy atom. The summed E-state index contributed by atoms with van der Waals surface area (Å²) in [6.45, 7) is 0. The number of hydrogen-bond acceptors (Lipinski definition) is 5. The summed E-state index contributed by atoms with van der Waals surface area (Å²) in [5.74, 6) is 4.94. The summed E-state index contributed by atoms with van der Waals surface area (Å²) in [5, 5.41) is 0.657. The highest BCUT2D eigenvalue weighted by molar-refractivity contribution is 6.06. The molecular weight excluding hydrogens is 326 g/mol. The van der Waals surface area contributed by atoms with Crippen molar-refractivity contribution in [3.05, 3.63) is 78.8 Å². The molecule has 4 aromatic rings. The molecule has 0 saturated carbocycles. The third-order valence-electron chi connectivity index (χ3n) is 4.13. The van der Waals surface area contributed by atoms with Crippen LogP contribution in [0.2, 0.25) is 0 Å². The van der Waals surface area contributed by atoms with Crippen LogP contribution in [0.3, 0.4) is 0 Å². The molecule has 3 N–H and O–H groups in total. The number of fused-ring (bicyclic) bond motifs is 1. The lowest BCUT2D eigenvalue weighted by Gasteiger charge is -2.09. The molecule has 6 nitrogen and oxygen atoms in total. The molecule has 0 spiro atoms. The van der Waals surface area contributed by atoms with Gasteiger partial charge in [-0.25, -0.2) is 10.8 Å². The van der Waals surface area contributed by atoms with E-state index in [2.05, 4.69) is 20.4 Å². The predicted octanol–water partition coefficient (Wildman–Crippen LogP) is 2.96. The Morgan fingerprint density at radius 2 is 1.69 bits per heavy atom. The maximum Gasteiger partial charge on any atom is 0.265 e. The zero-order chi connectivity index (χ0) is 17.9. The molecule has 0 unspecified atom stereocenters. The van der Waals surface area contributed by atoms with E-state index in [9.17, 15) is 4.79 Å². The SMILES string of the molecule is NNC(=O)c1cc(-c2ccc(-c3ccccn3)cc2)nc2ccncc12. The molecule has 1 aromatic carbocycles. The quantitative estimate of drug-likeness (QED) is 0.339. The van der Waals surface area contributed by atoms with Gasteiger partial charge in [-0.2, -0.15) is 0 Å². The number of nitrogens with two attached hydrogens (primary N) is 1. The molecule has 6 heteroatoms. The highest BCUT2D eigenvalue weighted by Gasteiger charge is 2.13. The van der Waals surface area contributed by atoms with Crippen molar-refractivity contribution in [2.75, 3.05) is 0 Å². The van der Waals surface area contributed by atoms with E-state index >= 15 is 0 Å². The Kier molecular flexibility index (Phi) is 4.09. The fraction of sp³-hybridized carbons (Fsp3) is 0. The molecule has 0 aliphatic carbocycles. The molecule has 0 atom stereocenters. The van der Waals surface area contributed by atoms with E-state index in [0.717, 1.165) is 16.8 Å². The Hall–Kier alpha value is -3.64. The van der Waals surface area contributed by atoms with Crippen LogP contribution in [0.15, 0.2) is 73.2 Å². The number of carbonyl (C=O) groups excluding carboxylic acids is 1. The van der Waals surface area contributed by atoms with Crippen LogP contribution in [-0.4, -0.2) is 20.9 Å². The second kappa shape index (κ2) is 6.70. The highest BCUT2D eigenvalue weighted by atomic mass is 16.2. The zero-order valence-corrected chi connectivity index (χ0v) is 13.8. The van der Waals surface area contributed by atoms with Crippen molar-refractivity contribution < 1.29 is 4.79 Å². The second-order valence-electron chi connectivity index (χ2n) is 5.71. The number of nitrogens with zero attached hydrogens (tertiary/aromatic N) is 3. The third-order valence-corrected chi connectivity index (χ3v) is 4.13. The predicted molar refractivity (Wildman–Crippen MR) is 99.9 cm³/mol. The number of benzene rings is 1. The van der Waals surface area contributed by atoms with Gasteiger partial charge in [-0.05, 0) is 24.3 Å². The van der Waals surface area contributed by atoms with Gasteiger partial charge in [0.1, 0.15) is 0 Å². The molecule has 0 bridgehead atoms. The Labute approximate surface area is 149 Å². The van der Waals surface area contributed by atoms with Crippen molar-refractivity contribution in [1.82, 2.24) is 20.4 Å². The summed E-state index contributed by atoms with van der Waals surface area (Å²) in [5.41, 5.74) is 6.81. The first-order valence-corrected chi connectivity index (χ1v) is 8.04. The highest BCUT2D eigenvalue weighted by Crippen LogP contribution is 2.26. The van der Waals surface area contributed by atoms with E-state index in [1.165, 1.54) is 0 Å². The first-order chi connectivity index (χ1) is 12.8. The first-order valence-electron chi connectivity index (χ1n) is 8.04. The number of hydrazine groups is 1. The average Bonchev–Trinajstić information content (AvgIpc) is 2.73. The minimum absolute atomic E-state index is 0.378. The number of pyridine rings is 3. The van der Waals surface area contributed by atoms with Gasteiger partial charge >= 0.3 is 0 Å². The summed E-state index contributed by atoms with van der Waals surface area (Å²) in [4.78, 5) is 25.2. The molecule has 4 rings (SSSR count). The van der Waals surface area contributed by atoms with Gasteiger partial charge in [-0.3, -0.25) is 20.2 Å². The topological polar surface area (TPSA) is 93.8 Å². The van der Waals surface area contributed by atoms with Crippen LogP contribution in [0.1, 0.15) is 10.4 Å². The van der Waals surface area contributed by atoms with Gasteiger partial charge in [-0.1, -0.05) is 30.3 Å². The van der Waals surface area contributed by atoms with E-state index in [1.54, 1.807) is 30.7 Å². The lowest BCUT2D eigenvalue weighted by atomic mass is 10.0. The number of nitrogens with one attached hydrogen (secondary N) is 1. The Morgan fingerprint density at radius 3 is 2.38 bits per heavy atom. The number of nitrogen functional groups attached to an aromatic ring is 1. The monoisotopic (exact) mass is 341 g/mol. The van der Waals surface area contributed by atoms with Crippen LogP contribution >= 0.6 is 0 Å². The Bertz CT molecular complexity index is 1080. The van der Waals surface area contributed by atoms with Crippen LogP contribution in [-0.2, 0) is 0 Å². The summed E-state index contributed by atoms with van der Waals surface area (Å²) in [7, 11) is 0. The number of carbonyl (C=O) groups is 1. The molecule has 0 fully saturated rings. The maximum absolute atomic E-state index is 12.2. The Balaban J connectivity index is 1.80. The minimum Gasteiger partial charge on any atom is -0.290 e. The van der Waals surface area contributed by atoms with Gasteiger partial charge in [0.15, 0.2) is 0 Å². The van der Waals surface area contributed by atoms with Crippen molar-refractivity contribution in [3.8, 4) is 22.5 Å². The lowest BCUT2D eigenvalue weighted by molar-refractivity contribution is 0.0955. The van der Waals surface area contributed by atoms with Crippen molar-refractivity contribution in [1.29, 1.82) is 0 Å². The van der Waals surface area contributed by atoms with Gasteiger partial charge < -0.3 is 0 Å². The molecule has 0 aliphatic rings. The standard InChI is InChI=1S/C20H15N5O/c21-25-20(26)15-11-19(24-18-8-10-22-12-16(15)18)14-6-4-13(5-7-14)17-3-1-2-9-23-17/h1-12H,21H2,(H,25,26). The molecule has 126 valence electrons. The van der Waals surface area contributed by atoms with E-state index in [4.69, 9.17) is 5.84 Å². The van der Waals surface area contributed by atoms with E-state index in [0.29, 0.717) is 22.2 Å². The van der Waals surface area contributed by atoms with Crippen molar-refractivity contribution in [2.45, 2.75) is 0 Å². The van der Waals surface area contributed by atoms with Crippen LogP contribution in [0.5, 0.6) is 0 Å². The smallest absolute Gasteiger partial charge is 0.265 e. The van der Waals surface area contributed by atoms with Crippen molar-refractivity contribution >= 4 is 16.8 Å². The number of aromatic nitrogens is 3. The summed E-state index contributed by atoms with van der Waals surface area (Å²) >= 11 is 0. The van der Waals surface area contributed by atoms with Gasteiger partial charge in [0.25, 0.3) is 5.91 Å². The molecule has 0 saturated heterocycles. The third kappa shape index (κ3) is 2.89.